The largest absolute Gasteiger partial charge is 0.573 e. The van der Waals surface area contributed by atoms with Crippen LogP contribution >= 0.6 is 0 Å². The van der Waals surface area contributed by atoms with Crippen molar-refractivity contribution >= 4 is 5.78 Å². The van der Waals surface area contributed by atoms with Gasteiger partial charge in [-0.2, -0.15) is 0 Å². The third kappa shape index (κ3) is 4.75. The molecule has 0 fully saturated rings. The topological polar surface area (TPSA) is 35.5 Å². The van der Waals surface area contributed by atoms with Crippen LogP contribution in [0.25, 0.3) is 0 Å². The molecule has 6 heteroatoms. The van der Waals surface area contributed by atoms with E-state index in [1.807, 2.05) is 0 Å². The monoisotopic (exact) mass is 262 g/mol. The molecule has 1 rings (SSSR count). The molecule has 0 saturated heterocycles. The molecule has 0 saturated carbocycles. The molecule has 0 aliphatic rings. The van der Waals surface area contributed by atoms with Gasteiger partial charge in [-0.05, 0) is 19.1 Å². The van der Waals surface area contributed by atoms with Crippen molar-refractivity contribution in [3.8, 4) is 5.75 Å². The van der Waals surface area contributed by atoms with Gasteiger partial charge in [0.15, 0.2) is 5.78 Å². The Kier molecular flexibility index (Phi) is 4.72. The van der Waals surface area contributed by atoms with E-state index >= 15 is 0 Å². The summed E-state index contributed by atoms with van der Waals surface area (Å²) in [5.41, 5.74) is 0.167. The van der Waals surface area contributed by atoms with Gasteiger partial charge in [0.25, 0.3) is 0 Å². The molecule has 0 amide bonds. The molecule has 0 aliphatic carbocycles. The molecule has 18 heavy (non-hydrogen) atoms. The predicted octanol–water partition coefficient (Wildman–Crippen LogP) is 3.19. The maximum Gasteiger partial charge on any atom is 0.573 e. The molecule has 0 spiro atoms. The van der Waals surface area contributed by atoms with Gasteiger partial charge in [0.05, 0.1) is 6.10 Å². The van der Waals surface area contributed by atoms with E-state index in [4.69, 9.17) is 4.74 Å². The van der Waals surface area contributed by atoms with Crippen LogP contribution in [0.2, 0.25) is 0 Å². The van der Waals surface area contributed by atoms with Gasteiger partial charge < -0.3 is 9.47 Å². The molecule has 0 N–H and O–H groups in total. The fourth-order valence-electron chi connectivity index (χ4n) is 1.33. The number of methoxy groups -OCH3 is 1. The predicted molar refractivity (Wildman–Crippen MR) is 58.5 cm³/mol. The first kappa shape index (κ1) is 14.5. The summed E-state index contributed by atoms with van der Waals surface area (Å²) in [7, 11) is 1.46. The lowest BCUT2D eigenvalue weighted by atomic mass is 10.1. The second-order valence-corrected chi connectivity index (χ2v) is 3.75. The van der Waals surface area contributed by atoms with E-state index < -0.39 is 12.1 Å². The number of carbonyl (C=O) groups is 1. The first-order valence-corrected chi connectivity index (χ1v) is 5.23. The zero-order valence-electron chi connectivity index (χ0n) is 9.95. The number of hydrogen-bond acceptors (Lipinski definition) is 3. The van der Waals surface area contributed by atoms with Crippen LogP contribution in [-0.4, -0.2) is 25.4 Å². The van der Waals surface area contributed by atoms with Crippen molar-refractivity contribution in [3.05, 3.63) is 29.8 Å². The van der Waals surface area contributed by atoms with E-state index in [-0.39, 0.29) is 23.9 Å². The van der Waals surface area contributed by atoms with E-state index in [1.54, 1.807) is 6.92 Å². The Bertz CT molecular complexity index is 415. The third-order valence-electron chi connectivity index (χ3n) is 2.26. The maximum atomic E-state index is 12.0. The van der Waals surface area contributed by atoms with E-state index in [0.717, 1.165) is 12.1 Å². The van der Waals surface area contributed by atoms with Crippen molar-refractivity contribution in [3.63, 3.8) is 0 Å². The number of Topliss-reactive ketones (excluding diaryl/α,β-unsaturated/α-hetero) is 1. The van der Waals surface area contributed by atoms with Crippen LogP contribution in [0.3, 0.4) is 0 Å². The van der Waals surface area contributed by atoms with Gasteiger partial charge >= 0.3 is 6.36 Å². The van der Waals surface area contributed by atoms with Gasteiger partial charge in [-0.1, -0.05) is 12.1 Å². The highest BCUT2D eigenvalue weighted by molar-refractivity contribution is 5.96. The summed E-state index contributed by atoms with van der Waals surface area (Å²) in [5, 5.41) is 0. The first-order chi connectivity index (χ1) is 8.31. The Morgan fingerprint density at radius 1 is 1.39 bits per heavy atom. The van der Waals surface area contributed by atoms with Gasteiger partial charge in [0.2, 0.25) is 0 Å². The van der Waals surface area contributed by atoms with Gasteiger partial charge in [-0.25, -0.2) is 0 Å². The summed E-state index contributed by atoms with van der Waals surface area (Å²) in [4.78, 5) is 11.7. The highest BCUT2D eigenvalue weighted by Crippen LogP contribution is 2.23. The van der Waals surface area contributed by atoms with Crippen LogP contribution in [-0.2, 0) is 4.74 Å². The van der Waals surface area contributed by atoms with Crippen LogP contribution < -0.4 is 4.74 Å². The number of ether oxygens (including phenoxy) is 2. The van der Waals surface area contributed by atoms with E-state index in [2.05, 4.69) is 4.74 Å². The molecule has 0 aliphatic heterocycles. The first-order valence-electron chi connectivity index (χ1n) is 5.23. The van der Waals surface area contributed by atoms with E-state index in [0.29, 0.717) is 0 Å². The van der Waals surface area contributed by atoms with E-state index in [9.17, 15) is 18.0 Å². The fraction of sp³-hybridized carbons (Fsp3) is 0.417. The average Bonchev–Trinajstić information content (AvgIpc) is 2.26. The van der Waals surface area contributed by atoms with Crippen LogP contribution in [0.4, 0.5) is 13.2 Å². The van der Waals surface area contributed by atoms with Crippen molar-refractivity contribution < 1.29 is 27.4 Å². The number of carbonyl (C=O) groups excluding carboxylic acids is 1. The van der Waals surface area contributed by atoms with Crippen molar-refractivity contribution in [2.75, 3.05) is 7.11 Å². The van der Waals surface area contributed by atoms with Crippen molar-refractivity contribution in [1.29, 1.82) is 0 Å². The summed E-state index contributed by atoms with van der Waals surface area (Å²) in [5.74, 6) is -0.699. The van der Waals surface area contributed by atoms with Crippen LogP contribution in [0.1, 0.15) is 23.7 Å². The minimum absolute atomic E-state index is 0.103. The van der Waals surface area contributed by atoms with Crippen molar-refractivity contribution in [2.24, 2.45) is 0 Å². The molecule has 100 valence electrons. The maximum absolute atomic E-state index is 12.0. The van der Waals surface area contributed by atoms with Crippen LogP contribution in [0.5, 0.6) is 5.75 Å². The highest BCUT2D eigenvalue weighted by Gasteiger charge is 2.31. The van der Waals surface area contributed by atoms with Gasteiger partial charge in [0.1, 0.15) is 5.75 Å². The second kappa shape index (κ2) is 5.86. The summed E-state index contributed by atoms with van der Waals surface area (Å²) < 4.78 is 44.7. The fourth-order valence-corrected chi connectivity index (χ4v) is 1.33. The molecular formula is C12H13F3O3. The minimum Gasteiger partial charge on any atom is -0.406 e. The van der Waals surface area contributed by atoms with E-state index in [1.165, 1.54) is 19.2 Å². The second-order valence-electron chi connectivity index (χ2n) is 3.75. The molecule has 1 unspecified atom stereocenters. The molecule has 1 atom stereocenters. The lowest BCUT2D eigenvalue weighted by Crippen LogP contribution is -2.17. The molecule has 0 radical (unpaired) electrons. The van der Waals surface area contributed by atoms with Gasteiger partial charge in [0, 0.05) is 19.1 Å². The SMILES string of the molecule is COC(C)CC(=O)c1cccc(OC(F)(F)F)c1. The average molecular weight is 262 g/mol. The smallest absolute Gasteiger partial charge is 0.406 e. The van der Waals surface area contributed by atoms with Crippen LogP contribution in [0, 0.1) is 0 Å². The molecule has 1 aromatic rings. The number of halogens is 3. The number of alkyl halides is 3. The summed E-state index contributed by atoms with van der Waals surface area (Å²) >= 11 is 0. The van der Waals surface area contributed by atoms with Gasteiger partial charge in [-0.3, -0.25) is 4.79 Å². The molecule has 0 bridgehead atoms. The lowest BCUT2D eigenvalue weighted by molar-refractivity contribution is -0.274. The Labute approximate surface area is 103 Å². The molecule has 3 nitrogen and oxygen atoms in total. The standard InChI is InChI=1S/C12H13F3O3/c1-8(17-2)6-11(16)9-4-3-5-10(7-9)18-12(13,14)15/h3-5,7-8H,6H2,1-2H3. The Balaban J connectivity index is 2.79. The number of rotatable bonds is 5. The highest BCUT2D eigenvalue weighted by atomic mass is 19.4. The summed E-state index contributed by atoms with van der Waals surface area (Å²) in [6.07, 6.45) is -4.95. The Morgan fingerprint density at radius 2 is 2.06 bits per heavy atom. The molecule has 0 aromatic heterocycles. The quantitative estimate of drug-likeness (QED) is 0.764. The molecular weight excluding hydrogens is 249 g/mol. The zero-order valence-corrected chi connectivity index (χ0v) is 9.95. The number of benzene rings is 1. The molecule has 0 heterocycles. The number of hydrogen-bond donors (Lipinski definition) is 0. The lowest BCUT2D eigenvalue weighted by Gasteiger charge is -2.11. The van der Waals surface area contributed by atoms with Crippen molar-refractivity contribution in [2.45, 2.75) is 25.8 Å². The number of ketones is 1. The Morgan fingerprint density at radius 3 is 2.61 bits per heavy atom. The Hall–Kier alpha value is -1.56. The van der Waals surface area contributed by atoms with Gasteiger partial charge in [-0.15, -0.1) is 13.2 Å². The van der Waals surface area contributed by atoms with Crippen molar-refractivity contribution in [1.82, 2.24) is 0 Å². The normalized spacial score (nSPS) is 13.2. The molecule has 1 aromatic carbocycles. The summed E-state index contributed by atoms with van der Waals surface area (Å²) in [6.45, 7) is 1.70. The summed E-state index contributed by atoms with van der Waals surface area (Å²) in [6, 6.07) is 4.99. The zero-order chi connectivity index (χ0) is 13.8. The minimum atomic E-state index is -4.76. The van der Waals surface area contributed by atoms with Crippen LogP contribution in [0.15, 0.2) is 24.3 Å². The third-order valence-corrected chi connectivity index (χ3v) is 2.26.